The third-order valence-electron chi connectivity index (χ3n) is 5.25. The van der Waals surface area contributed by atoms with Gasteiger partial charge in [-0.3, -0.25) is 9.78 Å². The van der Waals surface area contributed by atoms with E-state index in [0.717, 1.165) is 5.56 Å². The fraction of sp³-hybridized carbons (Fsp3) is 0.348. The number of amides is 1. The van der Waals surface area contributed by atoms with E-state index in [-0.39, 0.29) is 29.7 Å². The molecule has 9 nitrogen and oxygen atoms in total. The highest BCUT2D eigenvalue weighted by Crippen LogP contribution is 2.28. The largest absolute Gasteiger partial charge is 0.355 e. The number of carbonyl (C=O) groups excluding carboxylic acids is 1. The maximum Gasteiger partial charge on any atom is 0.227 e. The van der Waals surface area contributed by atoms with Crippen LogP contribution in [0.25, 0.3) is 0 Å². The minimum Gasteiger partial charge on any atom is -0.355 e. The van der Waals surface area contributed by atoms with E-state index < -0.39 is 0 Å². The Morgan fingerprint density at radius 2 is 1.85 bits per heavy atom. The molecule has 2 aromatic heterocycles. The second-order valence-corrected chi connectivity index (χ2v) is 8.33. The summed E-state index contributed by atoms with van der Waals surface area (Å²) in [5, 5.41) is 9.38. The van der Waals surface area contributed by atoms with E-state index in [1.165, 1.54) is 12.1 Å². The summed E-state index contributed by atoms with van der Waals surface area (Å²) in [6.07, 6.45) is 4.79. The Hall–Kier alpha value is -3.82. The molecule has 1 aliphatic rings. The molecule has 1 saturated heterocycles. The van der Waals surface area contributed by atoms with Crippen LogP contribution in [0.5, 0.6) is 0 Å². The number of anilines is 4. The second kappa shape index (κ2) is 9.76. The summed E-state index contributed by atoms with van der Waals surface area (Å²) in [5.41, 5.74) is 0.906. The average molecular weight is 451 g/mol. The Balaban J connectivity index is 1.53. The monoisotopic (exact) mass is 450 g/mol. The van der Waals surface area contributed by atoms with Crippen molar-refractivity contribution in [3.63, 3.8) is 0 Å². The van der Waals surface area contributed by atoms with Gasteiger partial charge in [-0.25, -0.2) is 9.37 Å². The first-order valence-corrected chi connectivity index (χ1v) is 10.9. The SMILES string of the molecule is CC(C)NC(=O)C1CN(c2cc(Nc3cnccn3)nc(NC(C)c3ccc(F)cc3)n2)C1. The lowest BCUT2D eigenvalue weighted by atomic mass is 9.99. The first kappa shape index (κ1) is 22.4. The van der Waals surface area contributed by atoms with Gasteiger partial charge in [0.1, 0.15) is 23.3 Å². The fourth-order valence-corrected chi connectivity index (χ4v) is 3.48. The number of rotatable bonds is 8. The van der Waals surface area contributed by atoms with Crippen LogP contribution in [-0.2, 0) is 4.79 Å². The standard InChI is InChI=1S/C23H27FN8O/c1-14(2)27-22(33)17-12-32(13-17)21-10-19(29-20-11-25-8-9-26-20)30-23(31-21)28-15(3)16-4-6-18(24)7-5-16/h4-11,14-15,17H,12-13H2,1-3H3,(H,27,33)(H2,26,28,29,30,31). The fourth-order valence-electron chi connectivity index (χ4n) is 3.48. The van der Waals surface area contributed by atoms with Gasteiger partial charge >= 0.3 is 0 Å². The molecule has 1 atom stereocenters. The molecule has 3 heterocycles. The molecule has 33 heavy (non-hydrogen) atoms. The first-order chi connectivity index (χ1) is 15.9. The van der Waals surface area contributed by atoms with Crippen LogP contribution in [0.15, 0.2) is 48.9 Å². The Kier molecular flexibility index (Phi) is 6.62. The lowest BCUT2D eigenvalue weighted by Crippen LogP contribution is -2.55. The van der Waals surface area contributed by atoms with Crippen LogP contribution >= 0.6 is 0 Å². The molecule has 172 valence electrons. The molecule has 0 aliphatic carbocycles. The zero-order valence-electron chi connectivity index (χ0n) is 18.8. The minimum absolute atomic E-state index is 0.0523. The first-order valence-electron chi connectivity index (χ1n) is 10.9. The molecule has 0 radical (unpaired) electrons. The third-order valence-corrected chi connectivity index (χ3v) is 5.25. The molecule has 1 aromatic carbocycles. The topological polar surface area (TPSA) is 108 Å². The molecular formula is C23H27FN8O. The number of aromatic nitrogens is 4. The summed E-state index contributed by atoms with van der Waals surface area (Å²) in [7, 11) is 0. The van der Waals surface area contributed by atoms with Gasteiger partial charge in [-0.1, -0.05) is 12.1 Å². The summed E-state index contributed by atoms with van der Waals surface area (Å²) in [6.45, 7) is 7.00. The molecule has 10 heteroatoms. The molecule has 0 spiro atoms. The molecule has 4 rings (SSSR count). The molecule has 1 amide bonds. The molecule has 1 aliphatic heterocycles. The van der Waals surface area contributed by atoms with Crippen molar-refractivity contribution < 1.29 is 9.18 Å². The third kappa shape index (κ3) is 5.71. The highest BCUT2D eigenvalue weighted by molar-refractivity contribution is 5.82. The van der Waals surface area contributed by atoms with Gasteiger partial charge in [0.05, 0.1) is 18.2 Å². The average Bonchev–Trinajstić information content (AvgIpc) is 2.73. The quantitative estimate of drug-likeness (QED) is 0.480. The van der Waals surface area contributed by atoms with E-state index in [1.807, 2.05) is 31.7 Å². The Morgan fingerprint density at radius 3 is 2.52 bits per heavy atom. The van der Waals surface area contributed by atoms with E-state index in [9.17, 15) is 9.18 Å². The zero-order chi connectivity index (χ0) is 23.4. The predicted octanol–water partition coefficient (Wildman–Crippen LogP) is 3.28. The van der Waals surface area contributed by atoms with Crippen LogP contribution in [0.1, 0.15) is 32.4 Å². The smallest absolute Gasteiger partial charge is 0.227 e. The second-order valence-electron chi connectivity index (χ2n) is 8.33. The van der Waals surface area contributed by atoms with Gasteiger partial charge in [0.25, 0.3) is 0 Å². The molecular weight excluding hydrogens is 423 g/mol. The van der Waals surface area contributed by atoms with Crippen LogP contribution < -0.4 is 20.9 Å². The van der Waals surface area contributed by atoms with E-state index in [1.54, 1.807) is 30.7 Å². The van der Waals surface area contributed by atoms with Crippen molar-refractivity contribution in [2.75, 3.05) is 28.6 Å². The summed E-state index contributed by atoms with van der Waals surface area (Å²) < 4.78 is 13.3. The van der Waals surface area contributed by atoms with Crippen LogP contribution in [0.3, 0.4) is 0 Å². The van der Waals surface area contributed by atoms with Gasteiger partial charge in [0.15, 0.2) is 0 Å². The lowest BCUT2D eigenvalue weighted by molar-refractivity contribution is -0.126. The van der Waals surface area contributed by atoms with Crippen LogP contribution in [0.2, 0.25) is 0 Å². The van der Waals surface area contributed by atoms with Crippen molar-refractivity contribution in [1.29, 1.82) is 0 Å². The number of halogens is 1. The number of nitrogens with one attached hydrogen (secondary N) is 3. The van der Waals surface area contributed by atoms with E-state index >= 15 is 0 Å². The summed E-state index contributed by atoms with van der Waals surface area (Å²) in [6, 6.07) is 8.08. The van der Waals surface area contributed by atoms with Gasteiger partial charge in [0.2, 0.25) is 11.9 Å². The van der Waals surface area contributed by atoms with Gasteiger partial charge in [-0.2, -0.15) is 9.97 Å². The van der Waals surface area contributed by atoms with E-state index in [4.69, 9.17) is 0 Å². The highest BCUT2D eigenvalue weighted by atomic mass is 19.1. The van der Waals surface area contributed by atoms with E-state index in [2.05, 4.69) is 35.9 Å². The summed E-state index contributed by atoms with van der Waals surface area (Å²) in [4.78, 5) is 31.8. The number of nitrogens with zero attached hydrogens (tertiary/aromatic N) is 5. The van der Waals surface area contributed by atoms with Crippen molar-refractivity contribution in [3.8, 4) is 0 Å². The van der Waals surface area contributed by atoms with Crippen LogP contribution in [0.4, 0.5) is 27.8 Å². The molecule has 0 bridgehead atoms. The highest BCUT2D eigenvalue weighted by Gasteiger charge is 2.34. The van der Waals surface area contributed by atoms with Gasteiger partial charge < -0.3 is 20.9 Å². The minimum atomic E-state index is -0.284. The normalized spacial score (nSPS) is 14.5. The molecule has 0 saturated carbocycles. The summed E-state index contributed by atoms with van der Waals surface area (Å²) in [5.74, 6) is 1.89. The Labute approximate surface area is 191 Å². The number of hydrogen-bond donors (Lipinski definition) is 3. The zero-order valence-corrected chi connectivity index (χ0v) is 18.8. The van der Waals surface area contributed by atoms with Crippen LogP contribution in [-0.4, -0.2) is 45.0 Å². The van der Waals surface area contributed by atoms with Gasteiger partial charge in [0, 0.05) is 37.6 Å². The molecule has 3 aromatic rings. The molecule has 1 unspecified atom stereocenters. The number of hydrogen-bond acceptors (Lipinski definition) is 8. The Bertz CT molecular complexity index is 1090. The lowest BCUT2D eigenvalue weighted by Gasteiger charge is -2.39. The van der Waals surface area contributed by atoms with Crippen molar-refractivity contribution in [2.45, 2.75) is 32.9 Å². The van der Waals surface area contributed by atoms with Gasteiger partial charge in [-0.05, 0) is 38.5 Å². The number of benzene rings is 1. The van der Waals surface area contributed by atoms with E-state index in [0.29, 0.717) is 36.5 Å². The van der Waals surface area contributed by atoms with Gasteiger partial charge in [-0.15, -0.1) is 0 Å². The van der Waals surface area contributed by atoms with Crippen molar-refractivity contribution in [2.24, 2.45) is 5.92 Å². The molecule has 3 N–H and O–H groups in total. The maximum atomic E-state index is 13.3. The maximum absolute atomic E-state index is 13.3. The van der Waals surface area contributed by atoms with Crippen molar-refractivity contribution in [1.82, 2.24) is 25.3 Å². The summed E-state index contributed by atoms with van der Waals surface area (Å²) >= 11 is 0. The number of carbonyl (C=O) groups is 1. The molecule has 1 fully saturated rings. The van der Waals surface area contributed by atoms with Crippen LogP contribution in [0, 0.1) is 11.7 Å². The Morgan fingerprint density at radius 1 is 1.09 bits per heavy atom. The van der Waals surface area contributed by atoms with Crippen molar-refractivity contribution >= 4 is 29.3 Å². The predicted molar refractivity (Wildman–Crippen MR) is 125 cm³/mol. The van der Waals surface area contributed by atoms with Crippen molar-refractivity contribution in [3.05, 3.63) is 60.3 Å².